The Morgan fingerprint density at radius 3 is 2.59 bits per heavy atom. The van der Waals surface area contributed by atoms with Crippen LogP contribution in [0.15, 0.2) is 65.1 Å². The van der Waals surface area contributed by atoms with Crippen LogP contribution in [0.2, 0.25) is 5.02 Å². The van der Waals surface area contributed by atoms with E-state index in [-0.39, 0.29) is 23.2 Å². The maximum absolute atomic E-state index is 12.1. The number of nitrogens with two attached hydrogens (primary N) is 1. The van der Waals surface area contributed by atoms with E-state index in [1.54, 1.807) is 30.3 Å². The zero-order valence-corrected chi connectivity index (χ0v) is 16.4. The van der Waals surface area contributed by atoms with Crippen LogP contribution in [0.1, 0.15) is 20.8 Å². The number of hydrogen-bond donors (Lipinski definition) is 1. The highest BCUT2D eigenvalue weighted by molar-refractivity contribution is 7.12. The molecule has 0 aliphatic rings. The quantitative estimate of drug-likeness (QED) is 0.195. The van der Waals surface area contributed by atoms with Gasteiger partial charge in [0, 0.05) is 12.1 Å². The molecule has 148 valence electrons. The number of halogens is 1. The molecule has 2 aromatic carbocycles. The van der Waals surface area contributed by atoms with Crippen molar-refractivity contribution in [3.63, 3.8) is 0 Å². The van der Waals surface area contributed by atoms with Crippen LogP contribution in [0.4, 0.5) is 5.69 Å². The lowest BCUT2D eigenvalue weighted by Crippen LogP contribution is -2.13. The summed E-state index contributed by atoms with van der Waals surface area (Å²) >= 11 is 7.37. The van der Waals surface area contributed by atoms with E-state index in [2.05, 4.69) is 5.16 Å². The van der Waals surface area contributed by atoms with Gasteiger partial charge in [0.05, 0.1) is 20.4 Å². The molecule has 0 unspecified atom stereocenters. The van der Waals surface area contributed by atoms with Crippen LogP contribution in [0, 0.1) is 10.1 Å². The molecule has 0 bridgehead atoms. The normalized spacial score (nSPS) is 11.1. The Balaban J connectivity index is 1.58. The highest BCUT2D eigenvalue weighted by Crippen LogP contribution is 2.29. The van der Waals surface area contributed by atoms with Gasteiger partial charge in [0.15, 0.2) is 5.84 Å². The van der Waals surface area contributed by atoms with E-state index in [0.717, 1.165) is 5.56 Å². The fourth-order valence-electron chi connectivity index (χ4n) is 2.23. The van der Waals surface area contributed by atoms with E-state index in [0.29, 0.717) is 16.2 Å². The summed E-state index contributed by atoms with van der Waals surface area (Å²) in [5, 5.41) is 16.3. The van der Waals surface area contributed by atoms with Gasteiger partial charge >= 0.3 is 5.97 Å². The van der Waals surface area contributed by atoms with Crippen molar-refractivity contribution in [3.8, 4) is 5.75 Å². The first-order valence-corrected chi connectivity index (χ1v) is 9.44. The largest absolute Gasteiger partial charge is 0.487 e. The van der Waals surface area contributed by atoms with Gasteiger partial charge in [-0.3, -0.25) is 10.1 Å². The van der Waals surface area contributed by atoms with Crippen molar-refractivity contribution < 1.29 is 19.3 Å². The van der Waals surface area contributed by atoms with Crippen LogP contribution in [-0.2, 0) is 11.4 Å². The van der Waals surface area contributed by atoms with Gasteiger partial charge < -0.3 is 15.3 Å². The van der Waals surface area contributed by atoms with E-state index in [1.807, 2.05) is 11.4 Å². The van der Waals surface area contributed by atoms with Crippen LogP contribution < -0.4 is 10.5 Å². The Morgan fingerprint density at radius 1 is 1.21 bits per heavy atom. The molecule has 3 aromatic rings. The summed E-state index contributed by atoms with van der Waals surface area (Å²) in [5.74, 6) is -0.201. The fraction of sp³-hybridized carbons (Fsp3) is 0.0526. The molecule has 0 spiro atoms. The van der Waals surface area contributed by atoms with Crippen LogP contribution >= 0.6 is 22.9 Å². The first-order valence-electron chi connectivity index (χ1n) is 8.18. The summed E-state index contributed by atoms with van der Waals surface area (Å²) in [6, 6.07) is 14.0. The van der Waals surface area contributed by atoms with E-state index >= 15 is 0 Å². The molecule has 0 fully saturated rings. The van der Waals surface area contributed by atoms with Crippen molar-refractivity contribution in [3.05, 3.63) is 91.1 Å². The summed E-state index contributed by atoms with van der Waals surface area (Å²) < 4.78 is 5.57. The Kier molecular flexibility index (Phi) is 6.43. The lowest BCUT2D eigenvalue weighted by atomic mass is 10.1. The molecular weight excluding hydrogens is 418 g/mol. The van der Waals surface area contributed by atoms with Gasteiger partial charge in [-0.05, 0) is 35.2 Å². The summed E-state index contributed by atoms with van der Waals surface area (Å²) in [6.07, 6.45) is 0. The van der Waals surface area contributed by atoms with E-state index in [1.165, 1.54) is 29.5 Å². The number of carbonyl (C=O) groups excluding carboxylic acids is 1. The minimum absolute atomic E-state index is 0.118. The van der Waals surface area contributed by atoms with Gasteiger partial charge in [-0.25, -0.2) is 4.79 Å². The molecule has 0 radical (unpaired) electrons. The third-order valence-corrected chi connectivity index (χ3v) is 4.90. The lowest BCUT2D eigenvalue weighted by molar-refractivity contribution is -0.384. The van der Waals surface area contributed by atoms with Gasteiger partial charge in [-0.15, -0.1) is 11.3 Å². The Morgan fingerprint density at radius 2 is 1.97 bits per heavy atom. The topological polar surface area (TPSA) is 117 Å². The SMILES string of the molecule is N/C(=N\OC(=O)c1ccc(COc2ccc([N+](=O)[O-])cc2Cl)cc1)c1cccs1. The zero-order chi connectivity index (χ0) is 20.8. The van der Waals surface area contributed by atoms with Crippen LogP contribution in [0.3, 0.4) is 0 Å². The number of benzene rings is 2. The average Bonchev–Trinajstić information content (AvgIpc) is 3.26. The second-order valence-electron chi connectivity index (χ2n) is 5.69. The lowest BCUT2D eigenvalue weighted by Gasteiger charge is -2.08. The molecule has 0 atom stereocenters. The average molecular weight is 432 g/mol. The second-order valence-corrected chi connectivity index (χ2v) is 7.04. The monoisotopic (exact) mass is 431 g/mol. The van der Waals surface area contributed by atoms with E-state index in [9.17, 15) is 14.9 Å². The first kappa shape index (κ1) is 20.3. The number of nitrogens with zero attached hydrogens (tertiary/aromatic N) is 2. The highest BCUT2D eigenvalue weighted by atomic mass is 35.5. The molecule has 0 saturated carbocycles. The van der Waals surface area contributed by atoms with Crippen LogP contribution in [-0.4, -0.2) is 16.7 Å². The van der Waals surface area contributed by atoms with Gasteiger partial charge in [-0.1, -0.05) is 35.0 Å². The van der Waals surface area contributed by atoms with Gasteiger partial charge in [-0.2, -0.15) is 0 Å². The molecule has 1 aromatic heterocycles. The molecule has 0 saturated heterocycles. The molecule has 29 heavy (non-hydrogen) atoms. The number of nitro groups is 1. The molecular formula is C19H14ClN3O5S. The molecule has 0 aliphatic heterocycles. The minimum atomic E-state index is -0.643. The standard InChI is InChI=1S/C19H14ClN3O5S/c20-15-10-14(23(25)26)7-8-16(15)27-11-12-3-5-13(6-4-12)19(24)28-22-18(21)17-2-1-9-29-17/h1-10H,11H2,(H2,21,22). The Hall–Kier alpha value is -3.43. The second kappa shape index (κ2) is 9.18. The smallest absolute Gasteiger partial charge is 0.365 e. The summed E-state index contributed by atoms with van der Waals surface area (Å²) in [6.45, 7) is 0.163. The molecule has 2 N–H and O–H groups in total. The molecule has 8 nitrogen and oxygen atoms in total. The molecule has 3 rings (SSSR count). The number of amidine groups is 1. The van der Waals surface area contributed by atoms with Crippen LogP contribution in [0.5, 0.6) is 5.75 Å². The number of hydrogen-bond acceptors (Lipinski definition) is 7. The fourth-order valence-corrected chi connectivity index (χ4v) is 3.08. The molecule has 0 amide bonds. The van der Waals surface area contributed by atoms with E-state index in [4.69, 9.17) is 26.9 Å². The van der Waals surface area contributed by atoms with Gasteiger partial charge in [0.2, 0.25) is 0 Å². The zero-order valence-electron chi connectivity index (χ0n) is 14.8. The van der Waals surface area contributed by atoms with Crippen molar-refractivity contribution >= 4 is 40.4 Å². The van der Waals surface area contributed by atoms with Crippen molar-refractivity contribution in [2.24, 2.45) is 10.9 Å². The maximum Gasteiger partial charge on any atom is 0.365 e. The van der Waals surface area contributed by atoms with E-state index < -0.39 is 10.9 Å². The number of thiophene rings is 1. The summed E-state index contributed by atoms with van der Waals surface area (Å²) in [5.41, 5.74) is 6.68. The third-order valence-electron chi connectivity index (χ3n) is 3.71. The molecule has 0 aliphatic carbocycles. The molecule has 10 heteroatoms. The maximum atomic E-state index is 12.1. The van der Waals surface area contributed by atoms with Crippen molar-refractivity contribution in [1.29, 1.82) is 0 Å². The van der Waals surface area contributed by atoms with Crippen molar-refractivity contribution in [2.45, 2.75) is 6.61 Å². The Labute approximate surface area is 174 Å². The summed E-state index contributed by atoms with van der Waals surface area (Å²) in [7, 11) is 0. The molecule has 1 heterocycles. The minimum Gasteiger partial charge on any atom is -0.487 e. The van der Waals surface area contributed by atoms with Crippen LogP contribution in [0.25, 0.3) is 0 Å². The number of nitro benzene ring substituents is 1. The number of non-ortho nitro benzene ring substituents is 1. The number of carbonyl (C=O) groups is 1. The Bertz CT molecular complexity index is 1050. The van der Waals surface area contributed by atoms with Gasteiger partial charge in [0.1, 0.15) is 12.4 Å². The summed E-state index contributed by atoms with van der Waals surface area (Å²) in [4.78, 5) is 27.8. The number of ether oxygens (including phenoxy) is 1. The number of rotatable bonds is 7. The predicted octanol–water partition coefficient (Wildman–Crippen LogP) is 4.37. The van der Waals surface area contributed by atoms with Crippen molar-refractivity contribution in [2.75, 3.05) is 0 Å². The third kappa shape index (κ3) is 5.31. The first-order chi connectivity index (χ1) is 13.9. The van der Waals surface area contributed by atoms with Gasteiger partial charge in [0.25, 0.3) is 5.69 Å². The predicted molar refractivity (Wildman–Crippen MR) is 109 cm³/mol. The van der Waals surface area contributed by atoms with Crippen molar-refractivity contribution in [1.82, 2.24) is 0 Å². The highest BCUT2D eigenvalue weighted by Gasteiger charge is 2.11. The number of oxime groups is 1.